The van der Waals surface area contributed by atoms with Crippen LogP contribution in [-0.2, 0) is 5.60 Å². The highest BCUT2D eigenvalue weighted by molar-refractivity contribution is 14.1. The van der Waals surface area contributed by atoms with E-state index in [1.54, 1.807) is 11.3 Å². The van der Waals surface area contributed by atoms with Crippen molar-refractivity contribution in [3.05, 3.63) is 54.2 Å². The van der Waals surface area contributed by atoms with E-state index in [1.807, 2.05) is 42.6 Å². The Balaban J connectivity index is 2.46. The number of aliphatic hydroxyl groups is 1. The Labute approximate surface area is 121 Å². The molecule has 0 saturated heterocycles. The molecule has 1 atom stereocenters. The molecule has 0 aliphatic carbocycles. The van der Waals surface area contributed by atoms with Crippen LogP contribution in [-0.4, -0.2) is 5.11 Å². The van der Waals surface area contributed by atoms with Gasteiger partial charge in [-0.3, -0.25) is 0 Å². The summed E-state index contributed by atoms with van der Waals surface area (Å²) in [7, 11) is 0. The second-order valence-electron chi connectivity index (χ2n) is 3.68. The first-order valence-electron chi connectivity index (χ1n) is 4.73. The zero-order valence-corrected chi connectivity index (χ0v) is 13.1. The summed E-state index contributed by atoms with van der Waals surface area (Å²) in [5, 5.41) is 12.6. The van der Waals surface area contributed by atoms with Crippen LogP contribution in [0.4, 0.5) is 0 Å². The van der Waals surface area contributed by atoms with Crippen LogP contribution in [0.15, 0.2) is 40.2 Å². The molecule has 1 N–H and O–H groups in total. The molecule has 1 heterocycles. The zero-order chi connectivity index (χ0) is 11.8. The van der Waals surface area contributed by atoms with Gasteiger partial charge in [-0.1, -0.05) is 12.1 Å². The highest BCUT2D eigenvalue weighted by Gasteiger charge is 2.28. The molecule has 1 nitrogen and oxygen atoms in total. The van der Waals surface area contributed by atoms with Crippen molar-refractivity contribution in [1.29, 1.82) is 0 Å². The molecular weight excluding hydrogens is 399 g/mol. The van der Waals surface area contributed by atoms with Crippen LogP contribution in [0.5, 0.6) is 0 Å². The van der Waals surface area contributed by atoms with Crippen molar-refractivity contribution in [3.8, 4) is 0 Å². The van der Waals surface area contributed by atoms with E-state index in [-0.39, 0.29) is 0 Å². The van der Waals surface area contributed by atoms with Gasteiger partial charge in [0, 0.05) is 8.04 Å². The Morgan fingerprint density at radius 2 is 1.88 bits per heavy atom. The molecule has 0 aliphatic heterocycles. The maximum Gasteiger partial charge on any atom is 0.122 e. The number of benzene rings is 1. The molecule has 0 radical (unpaired) electrons. The molecule has 2 aromatic rings. The molecule has 1 aromatic heterocycles. The minimum absolute atomic E-state index is 0.913. The van der Waals surface area contributed by atoms with E-state index in [2.05, 4.69) is 38.5 Å². The fourth-order valence-corrected chi connectivity index (χ4v) is 3.75. The summed E-state index contributed by atoms with van der Waals surface area (Å²) in [4.78, 5) is 0.939. The lowest BCUT2D eigenvalue weighted by Crippen LogP contribution is -2.21. The number of thiophene rings is 1. The lowest BCUT2D eigenvalue weighted by molar-refractivity contribution is 0.105. The van der Waals surface area contributed by atoms with Gasteiger partial charge in [0.1, 0.15) is 5.60 Å². The van der Waals surface area contributed by atoms with Crippen molar-refractivity contribution in [1.82, 2.24) is 0 Å². The van der Waals surface area contributed by atoms with Crippen molar-refractivity contribution in [2.24, 2.45) is 0 Å². The van der Waals surface area contributed by atoms with Crippen molar-refractivity contribution < 1.29 is 5.11 Å². The molecule has 0 bridgehead atoms. The second kappa shape index (κ2) is 4.76. The Bertz CT molecular complexity index is 490. The SMILES string of the molecule is CC(O)(c1ccc(I)cc1)c1sccc1Br. The van der Waals surface area contributed by atoms with E-state index in [0.717, 1.165) is 14.9 Å². The van der Waals surface area contributed by atoms with Crippen molar-refractivity contribution >= 4 is 49.9 Å². The van der Waals surface area contributed by atoms with Crippen LogP contribution in [0.2, 0.25) is 0 Å². The Morgan fingerprint density at radius 1 is 1.25 bits per heavy atom. The van der Waals surface area contributed by atoms with E-state index in [1.165, 1.54) is 3.57 Å². The summed E-state index contributed by atoms with van der Waals surface area (Å²) >= 11 is 7.28. The van der Waals surface area contributed by atoms with Gasteiger partial charge < -0.3 is 5.11 Å². The van der Waals surface area contributed by atoms with Crippen molar-refractivity contribution in [3.63, 3.8) is 0 Å². The maximum absolute atomic E-state index is 10.6. The summed E-state index contributed by atoms with van der Waals surface area (Å²) in [6.07, 6.45) is 0. The van der Waals surface area contributed by atoms with Gasteiger partial charge in [0.05, 0.1) is 4.88 Å². The average molecular weight is 409 g/mol. The first kappa shape index (κ1) is 12.5. The van der Waals surface area contributed by atoms with Gasteiger partial charge >= 0.3 is 0 Å². The van der Waals surface area contributed by atoms with E-state index < -0.39 is 5.60 Å². The first-order chi connectivity index (χ1) is 7.51. The van der Waals surface area contributed by atoms with Crippen LogP contribution < -0.4 is 0 Å². The topological polar surface area (TPSA) is 20.2 Å². The molecule has 0 fully saturated rings. The standard InChI is InChI=1S/C12H10BrIOS/c1-12(15,11-10(13)6-7-16-11)8-2-4-9(14)5-3-8/h2-7,15H,1H3. The molecule has 0 amide bonds. The van der Waals surface area contributed by atoms with Gasteiger partial charge in [-0.15, -0.1) is 11.3 Å². The second-order valence-corrected chi connectivity index (χ2v) is 6.69. The van der Waals surface area contributed by atoms with Crippen molar-refractivity contribution in [2.45, 2.75) is 12.5 Å². The van der Waals surface area contributed by atoms with E-state index in [4.69, 9.17) is 0 Å². The minimum atomic E-state index is -0.933. The van der Waals surface area contributed by atoms with Crippen molar-refractivity contribution in [2.75, 3.05) is 0 Å². The highest BCUT2D eigenvalue weighted by atomic mass is 127. The van der Waals surface area contributed by atoms with Crippen LogP contribution in [0, 0.1) is 3.57 Å². The quantitative estimate of drug-likeness (QED) is 0.731. The lowest BCUT2D eigenvalue weighted by Gasteiger charge is -2.23. The Hall–Kier alpha value is 0.0900. The monoisotopic (exact) mass is 408 g/mol. The largest absolute Gasteiger partial charge is 0.380 e. The van der Waals surface area contributed by atoms with Crippen LogP contribution in [0.1, 0.15) is 17.4 Å². The molecule has 1 aromatic carbocycles. The van der Waals surface area contributed by atoms with Gasteiger partial charge in [0.25, 0.3) is 0 Å². The average Bonchev–Trinajstić information content (AvgIpc) is 2.66. The number of hydrogen-bond acceptors (Lipinski definition) is 2. The van der Waals surface area contributed by atoms with Gasteiger partial charge in [0.15, 0.2) is 0 Å². The number of halogens is 2. The number of rotatable bonds is 2. The number of hydrogen-bond donors (Lipinski definition) is 1. The minimum Gasteiger partial charge on any atom is -0.380 e. The normalized spacial score (nSPS) is 14.8. The van der Waals surface area contributed by atoms with Crippen LogP contribution >= 0.6 is 49.9 Å². The third-order valence-electron chi connectivity index (χ3n) is 2.47. The summed E-state index contributed by atoms with van der Waals surface area (Å²) in [5.41, 5.74) is -0.0202. The van der Waals surface area contributed by atoms with Gasteiger partial charge in [-0.2, -0.15) is 0 Å². The third-order valence-corrected chi connectivity index (χ3v) is 5.23. The molecule has 0 aliphatic rings. The summed E-state index contributed by atoms with van der Waals surface area (Å²) in [6, 6.07) is 9.90. The van der Waals surface area contributed by atoms with E-state index in [9.17, 15) is 5.11 Å². The van der Waals surface area contributed by atoms with Gasteiger partial charge in [-0.25, -0.2) is 0 Å². The van der Waals surface area contributed by atoms with Crippen LogP contribution in [0.25, 0.3) is 0 Å². The molecule has 0 spiro atoms. The van der Waals surface area contributed by atoms with Crippen LogP contribution in [0.3, 0.4) is 0 Å². The molecule has 16 heavy (non-hydrogen) atoms. The fourth-order valence-electron chi connectivity index (χ4n) is 1.55. The first-order valence-corrected chi connectivity index (χ1v) is 7.49. The Kier molecular flexibility index (Phi) is 3.73. The molecule has 0 saturated carbocycles. The summed E-state index contributed by atoms with van der Waals surface area (Å²) < 4.78 is 2.13. The molecular formula is C12H10BrIOS. The van der Waals surface area contributed by atoms with Gasteiger partial charge in [-0.05, 0) is 74.6 Å². The molecule has 84 valence electrons. The third kappa shape index (κ3) is 2.34. The van der Waals surface area contributed by atoms with E-state index in [0.29, 0.717) is 0 Å². The predicted molar refractivity (Wildman–Crippen MR) is 79.9 cm³/mol. The molecule has 2 rings (SSSR count). The zero-order valence-electron chi connectivity index (χ0n) is 8.58. The summed E-state index contributed by atoms with van der Waals surface area (Å²) in [5.74, 6) is 0. The Morgan fingerprint density at radius 3 is 2.38 bits per heavy atom. The van der Waals surface area contributed by atoms with Gasteiger partial charge in [0.2, 0.25) is 0 Å². The molecule has 4 heteroatoms. The highest BCUT2D eigenvalue weighted by Crippen LogP contribution is 2.37. The molecule has 1 unspecified atom stereocenters. The maximum atomic E-state index is 10.6. The lowest BCUT2D eigenvalue weighted by atomic mass is 9.94. The smallest absolute Gasteiger partial charge is 0.122 e. The summed E-state index contributed by atoms with van der Waals surface area (Å²) in [6.45, 7) is 1.83. The fraction of sp³-hybridized carbons (Fsp3) is 0.167. The van der Waals surface area contributed by atoms with E-state index >= 15 is 0 Å². The predicted octanol–water partition coefficient (Wildman–Crippen LogP) is 4.37.